The first kappa shape index (κ1) is 14.2. The SMILES string of the molecule is COC(=O)c1cc(O)c2c(c1)OC1(C)OC=CC(=O)C1(O)O2. The topological polar surface area (TPSA) is 112 Å². The van der Waals surface area contributed by atoms with Gasteiger partial charge in [0.25, 0.3) is 0 Å². The molecule has 0 radical (unpaired) electrons. The molecule has 116 valence electrons. The molecule has 2 heterocycles. The van der Waals surface area contributed by atoms with Gasteiger partial charge in [-0.2, -0.15) is 0 Å². The van der Waals surface area contributed by atoms with Crippen LogP contribution in [0.5, 0.6) is 17.2 Å². The Bertz CT molecular complexity index is 709. The molecule has 0 bridgehead atoms. The molecule has 2 aliphatic rings. The van der Waals surface area contributed by atoms with E-state index >= 15 is 0 Å². The Balaban J connectivity index is 2.13. The fourth-order valence-electron chi connectivity index (χ4n) is 2.24. The Kier molecular flexibility index (Phi) is 2.83. The number of rotatable bonds is 1. The number of carbonyl (C=O) groups is 2. The van der Waals surface area contributed by atoms with Crippen molar-refractivity contribution < 1.29 is 38.7 Å². The van der Waals surface area contributed by atoms with Gasteiger partial charge in [0, 0.05) is 13.0 Å². The summed E-state index contributed by atoms with van der Waals surface area (Å²) in [6.45, 7) is 1.29. The quantitative estimate of drug-likeness (QED) is 0.720. The number of ether oxygens (including phenoxy) is 4. The fourth-order valence-corrected chi connectivity index (χ4v) is 2.24. The van der Waals surface area contributed by atoms with Gasteiger partial charge in [0.15, 0.2) is 11.5 Å². The third-order valence-electron chi connectivity index (χ3n) is 3.47. The van der Waals surface area contributed by atoms with Crippen LogP contribution in [0.3, 0.4) is 0 Å². The van der Waals surface area contributed by atoms with Crippen LogP contribution in [0.4, 0.5) is 0 Å². The number of carbonyl (C=O) groups excluding carboxylic acids is 2. The molecular formula is C14H12O8. The van der Waals surface area contributed by atoms with Crippen LogP contribution in [-0.2, 0) is 14.3 Å². The largest absolute Gasteiger partial charge is 0.504 e. The second-order valence-corrected chi connectivity index (χ2v) is 4.89. The maximum atomic E-state index is 11.9. The van der Waals surface area contributed by atoms with Crippen LogP contribution in [0.15, 0.2) is 24.5 Å². The number of esters is 1. The van der Waals surface area contributed by atoms with E-state index in [1.807, 2.05) is 0 Å². The van der Waals surface area contributed by atoms with Gasteiger partial charge in [-0.1, -0.05) is 0 Å². The summed E-state index contributed by atoms with van der Waals surface area (Å²) in [5.74, 6) is -6.67. The molecule has 0 saturated heterocycles. The molecule has 2 atom stereocenters. The first-order valence-electron chi connectivity index (χ1n) is 6.25. The Labute approximate surface area is 124 Å². The molecule has 0 amide bonds. The van der Waals surface area contributed by atoms with Crippen LogP contribution < -0.4 is 9.47 Å². The zero-order chi connectivity index (χ0) is 16.1. The van der Waals surface area contributed by atoms with Gasteiger partial charge in [0.1, 0.15) is 0 Å². The van der Waals surface area contributed by atoms with Crippen molar-refractivity contribution in [1.29, 1.82) is 0 Å². The number of aliphatic hydroxyl groups is 1. The number of phenolic OH excluding ortho intramolecular Hbond substituents is 1. The molecule has 22 heavy (non-hydrogen) atoms. The molecule has 1 aromatic carbocycles. The molecule has 8 heteroatoms. The maximum absolute atomic E-state index is 11.9. The number of ketones is 1. The Morgan fingerprint density at radius 1 is 1.32 bits per heavy atom. The smallest absolute Gasteiger partial charge is 0.351 e. The van der Waals surface area contributed by atoms with E-state index in [0.29, 0.717) is 0 Å². The number of hydrogen-bond acceptors (Lipinski definition) is 8. The Hall–Kier alpha value is -2.74. The number of benzene rings is 1. The molecule has 0 saturated carbocycles. The molecule has 0 aromatic heterocycles. The van der Waals surface area contributed by atoms with Gasteiger partial charge in [0.05, 0.1) is 18.9 Å². The lowest BCUT2D eigenvalue weighted by molar-refractivity contribution is -0.320. The third-order valence-corrected chi connectivity index (χ3v) is 3.47. The molecule has 0 fully saturated rings. The predicted molar refractivity (Wildman–Crippen MR) is 69.3 cm³/mol. The molecule has 2 unspecified atom stereocenters. The van der Waals surface area contributed by atoms with Crippen LogP contribution in [0, 0.1) is 0 Å². The van der Waals surface area contributed by atoms with Gasteiger partial charge >= 0.3 is 17.5 Å². The predicted octanol–water partition coefficient (Wildman–Crippen LogP) is 0.468. The van der Waals surface area contributed by atoms with Crippen molar-refractivity contribution in [3.63, 3.8) is 0 Å². The highest BCUT2D eigenvalue weighted by molar-refractivity contribution is 5.98. The molecule has 2 N–H and O–H groups in total. The van der Waals surface area contributed by atoms with Crippen molar-refractivity contribution in [3.05, 3.63) is 30.0 Å². The van der Waals surface area contributed by atoms with Crippen molar-refractivity contribution in [2.24, 2.45) is 0 Å². The first-order chi connectivity index (χ1) is 10.3. The molecule has 2 aliphatic heterocycles. The van der Waals surface area contributed by atoms with E-state index in [4.69, 9.17) is 14.2 Å². The van der Waals surface area contributed by atoms with Gasteiger partial charge in [-0.05, 0) is 12.1 Å². The van der Waals surface area contributed by atoms with E-state index in [2.05, 4.69) is 4.74 Å². The summed E-state index contributed by atoms with van der Waals surface area (Å²) in [5.41, 5.74) is 0.00840. The summed E-state index contributed by atoms with van der Waals surface area (Å²) in [7, 11) is 1.18. The fraction of sp³-hybridized carbons (Fsp3) is 0.286. The lowest BCUT2D eigenvalue weighted by Gasteiger charge is -2.46. The minimum Gasteiger partial charge on any atom is -0.504 e. The summed E-state index contributed by atoms with van der Waals surface area (Å²) in [6.07, 6.45) is 2.05. The van der Waals surface area contributed by atoms with Crippen LogP contribution in [0.1, 0.15) is 17.3 Å². The number of fused-ring (bicyclic) bond motifs is 2. The van der Waals surface area contributed by atoms with Crippen molar-refractivity contribution in [3.8, 4) is 17.2 Å². The number of hydrogen-bond donors (Lipinski definition) is 2. The number of aromatic hydroxyl groups is 1. The number of phenols is 1. The van der Waals surface area contributed by atoms with Gasteiger partial charge in [-0.25, -0.2) is 4.79 Å². The summed E-state index contributed by atoms with van der Waals surface area (Å²) in [5, 5.41) is 20.4. The second kappa shape index (κ2) is 4.38. The van der Waals surface area contributed by atoms with Crippen LogP contribution in [0.2, 0.25) is 0 Å². The van der Waals surface area contributed by atoms with Crippen molar-refractivity contribution >= 4 is 11.8 Å². The normalized spacial score (nSPS) is 28.6. The lowest BCUT2D eigenvalue weighted by atomic mass is 9.98. The highest BCUT2D eigenvalue weighted by atomic mass is 16.8. The van der Waals surface area contributed by atoms with Crippen LogP contribution >= 0.6 is 0 Å². The van der Waals surface area contributed by atoms with Gasteiger partial charge < -0.3 is 29.2 Å². The van der Waals surface area contributed by atoms with Crippen molar-refractivity contribution in [2.75, 3.05) is 7.11 Å². The van der Waals surface area contributed by atoms with Gasteiger partial charge in [-0.3, -0.25) is 4.79 Å². The van der Waals surface area contributed by atoms with Crippen LogP contribution in [0.25, 0.3) is 0 Å². The van der Waals surface area contributed by atoms with Crippen molar-refractivity contribution in [2.45, 2.75) is 18.5 Å². The molecule has 0 aliphatic carbocycles. The molecule has 1 aromatic rings. The molecular weight excluding hydrogens is 296 g/mol. The minimum absolute atomic E-state index is 0.00840. The van der Waals surface area contributed by atoms with Gasteiger partial charge in [0.2, 0.25) is 11.5 Å². The summed E-state index contributed by atoms with van der Waals surface area (Å²) in [4.78, 5) is 23.5. The Morgan fingerprint density at radius 3 is 2.73 bits per heavy atom. The Morgan fingerprint density at radius 2 is 2.05 bits per heavy atom. The third kappa shape index (κ3) is 1.74. The van der Waals surface area contributed by atoms with E-state index in [0.717, 1.165) is 18.4 Å². The lowest BCUT2D eigenvalue weighted by Crippen LogP contribution is -2.68. The van der Waals surface area contributed by atoms with E-state index in [1.165, 1.54) is 20.1 Å². The van der Waals surface area contributed by atoms with Crippen molar-refractivity contribution in [1.82, 2.24) is 0 Å². The first-order valence-corrected chi connectivity index (χ1v) is 6.25. The average molecular weight is 308 g/mol. The monoisotopic (exact) mass is 308 g/mol. The summed E-state index contributed by atoms with van der Waals surface area (Å²) < 4.78 is 20.4. The molecule has 3 rings (SSSR count). The summed E-state index contributed by atoms with van der Waals surface area (Å²) >= 11 is 0. The molecule has 0 spiro atoms. The standard InChI is InChI=1S/C14H12O8/c1-13-14(18,10(16)3-4-20-13)22-11-8(15)5-7(12(17)19-2)6-9(11)21-13/h3-6,15,18H,1-2H3. The maximum Gasteiger partial charge on any atom is 0.351 e. The average Bonchev–Trinajstić information content (AvgIpc) is 2.47. The van der Waals surface area contributed by atoms with E-state index in [9.17, 15) is 19.8 Å². The zero-order valence-electron chi connectivity index (χ0n) is 11.7. The van der Waals surface area contributed by atoms with E-state index in [1.54, 1.807) is 0 Å². The zero-order valence-corrected chi connectivity index (χ0v) is 11.7. The second-order valence-electron chi connectivity index (χ2n) is 4.89. The highest BCUT2D eigenvalue weighted by Crippen LogP contribution is 2.49. The van der Waals surface area contributed by atoms with E-state index < -0.39 is 29.1 Å². The summed E-state index contributed by atoms with van der Waals surface area (Å²) in [6, 6.07) is 2.32. The van der Waals surface area contributed by atoms with E-state index in [-0.39, 0.29) is 17.1 Å². The van der Waals surface area contributed by atoms with Crippen LogP contribution in [-0.4, -0.2) is 40.6 Å². The number of methoxy groups -OCH3 is 1. The highest BCUT2D eigenvalue weighted by Gasteiger charge is 2.64. The molecule has 8 nitrogen and oxygen atoms in total. The minimum atomic E-state index is -2.46. The van der Waals surface area contributed by atoms with Gasteiger partial charge in [-0.15, -0.1) is 0 Å².